The molecule has 98 heavy (non-hydrogen) atoms. The van der Waals surface area contributed by atoms with Gasteiger partial charge < -0.3 is 98.2 Å². The number of nitrogens with two attached hydrogens (primary N) is 1. The fourth-order valence-corrected chi connectivity index (χ4v) is 16.3. The number of rotatable bonds is 33. The van der Waals surface area contributed by atoms with Crippen molar-refractivity contribution in [2.45, 2.75) is 279 Å². The monoisotopic (exact) mass is 1400 g/mol. The van der Waals surface area contributed by atoms with Crippen molar-refractivity contribution in [3.63, 3.8) is 0 Å². The number of carboxylic acids is 6. The third-order valence-corrected chi connectivity index (χ3v) is 22.8. The molecule has 0 aromatic carbocycles. The zero-order valence-electron chi connectivity index (χ0n) is 62.9. The molecular weight excluding hydrogens is 1260 g/mol. The fourth-order valence-electron chi connectivity index (χ4n) is 16.3. The van der Waals surface area contributed by atoms with E-state index >= 15 is 0 Å². The Bertz CT molecular complexity index is 2380. The van der Waals surface area contributed by atoms with Crippen LogP contribution in [0.4, 0.5) is 0 Å². The first-order valence-electron chi connectivity index (χ1n) is 36.8. The van der Waals surface area contributed by atoms with E-state index in [0.717, 1.165) is 122 Å². The first-order chi connectivity index (χ1) is 45.6. The lowest BCUT2D eigenvalue weighted by molar-refractivity contribution is -0.144. The maximum atomic E-state index is 11.3. The number of β-amino-alcohol motifs (C(OH)–C–C–N with tert-alkyl or cyclic N) is 1. The molecule has 18 atom stereocenters. The number of hydrogen-bond donors (Lipinski definition) is 19. The first kappa shape index (κ1) is 92.5. The van der Waals surface area contributed by atoms with Gasteiger partial charge in [-0.2, -0.15) is 0 Å². The Morgan fingerprint density at radius 3 is 1.21 bits per heavy atom. The lowest BCUT2D eigenvalue weighted by Crippen LogP contribution is -2.45. The van der Waals surface area contributed by atoms with Crippen molar-refractivity contribution in [2.24, 2.45) is 62.4 Å². The molecule has 0 saturated carbocycles. The van der Waals surface area contributed by atoms with Crippen molar-refractivity contribution in [3.8, 4) is 0 Å². The highest BCUT2D eigenvalue weighted by molar-refractivity contribution is 6.49. The Labute approximate surface area is 588 Å². The molecule has 0 radical (unpaired) electrons. The molecule has 6 saturated heterocycles. The number of nitrogens with zero attached hydrogens (tertiary/aromatic N) is 1. The summed E-state index contributed by atoms with van der Waals surface area (Å²) in [5, 5.41) is 130. The van der Waals surface area contributed by atoms with Crippen LogP contribution in [0.5, 0.6) is 0 Å². The van der Waals surface area contributed by atoms with Crippen molar-refractivity contribution in [3.05, 3.63) is 0 Å². The van der Waals surface area contributed by atoms with E-state index in [2.05, 4.69) is 78.3 Å². The van der Waals surface area contributed by atoms with Crippen molar-refractivity contribution < 1.29 is 89.8 Å². The minimum absolute atomic E-state index is 0.00194. The molecule has 6 aliphatic heterocycles. The predicted octanol–water partition coefficient (Wildman–Crippen LogP) is 4.93. The van der Waals surface area contributed by atoms with Gasteiger partial charge >= 0.3 is 35.8 Å². The van der Waals surface area contributed by atoms with Crippen LogP contribution in [0.2, 0.25) is 39.4 Å². The summed E-state index contributed by atoms with van der Waals surface area (Å²) in [5.41, 5.74) is 3.27. The summed E-state index contributed by atoms with van der Waals surface area (Å²) in [7, 11) is 4.10. The minimum Gasteiger partial charge on any atom is -0.480 e. The molecule has 0 spiro atoms. The normalized spacial score (nSPS) is 33.5. The summed E-state index contributed by atoms with van der Waals surface area (Å²) in [6.07, 6.45) is 16.7. The van der Waals surface area contributed by atoms with E-state index in [1.165, 1.54) is 0 Å². The zero-order valence-corrected chi connectivity index (χ0v) is 62.9. The van der Waals surface area contributed by atoms with Crippen LogP contribution in [0.15, 0.2) is 0 Å². The van der Waals surface area contributed by atoms with Gasteiger partial charge in [-0.05, 0) is 145 Å². The number of hydrogen-bond acceptors (Lipinski definition) is 20. The molecule has 0 aromatic rings. The summed E-state index contributed by atoms with van der Waals surface area (Å²) in [6, 6.07) is -3.17. The standard InChI is InChI=1S/C13H26N2O2.C13H25NO2.C12H23NO3.C11H22BNO4.C10H21BN2O3.C10H20BNO4/c1-5-6-7-13(2)10(9-15(3)4)8-14-11(13)12(16)17;1-4-6-8-13(3)10(7-5-2)9-14-11(13)12(15)16;1-5-6-7-12(4)8(9(14)15)13-11(2,3)10(12)16;1-11(4-3-5-12(2)17)8(7-14)6-13-9(11)10(15)16;1-11(16)4-2-3-8-7(5-12)6-13-9(8)10(14)15;1-10(4-3-5-11(2)16)7(13)6-12-8(10)9(14)15/h10-11,14H,5-9H2,1-4H3,(H,16,17);10-11,14H,4-9H2,1-3H3,(H,15,16);8,10,13,16H,5-7H2,1-4H3,(H,14,15);8-9,13-14,17H,3-7H2,1-2H3,(H,15,16);7-9,13,16H,2-6,12H2,1H3,(H,14,15);7-8,12-13,16H,3-6H2,1-2H3,(H,14,15). The van der Waals surface area contributed by atoms with E-state index in [1.807, 2.05) is 41.8 Å². The molecule has 29 heteroatoms. The minimum atomic E-state index is -0.920. The average molecular weight is 1400 g/mol. The van der Waals surface area contributed by atoms with Crippen LogP contribution in [0.3, 0.4) is 0 Å². The fraction of sp³-hybridized carbons (Fsp3) is 0.913. The van der Waals surface area contributed by atoms with Crippen LogP contribution < -0.4 is 37.6 Å². The average Bonchev–Trinajstić information content (AvgIpc) is 1.61. The van der Waals surface area contributed by atoms with Crippen molar-refractivity contribution in [1.29, 1.82) is 0 Å². The molecule has 0 aliphatic carbocycles. The Balaban J connectivity index is 0.000000588. The van der Waals surface area contributed by atoms with Gasteiger partial charge in [0.15, 0.2) is 0 Å². The van der Waals surface area contributed by atoms with Gasteiger partial charge in [0.05, 0.1) is 12.2 Å². The SMILES string of the molecule is CB(O)CCCC1(C)C(CO)CNC1C(=O)O.CB(O)CCCC1(C)C(O)CNC1C(=O)O.CB(O)CCCC1C(CN)CNC1C(=O)O.CCCCC1(C)C(C(=O)O)NC(C)(C)C1O.CCCCC1(C)C(CCC)CNC1C(=O)O.CCCCC1(C)C(CN(C)C)CNC1C(=O)O. The van der Waals surface area contributed by atoms with Gasteiger partial charge in [0.25, 0.3) is 20.7 Å². The molecular formula is C69H137B3N8O18. The highest BCUT2D eigenvalue weighted by atomic mass is 16.4. The maximum Gasteiger partial charge on any atom is 0.321 e. The van der Waals surface area contributed by atoms with E-state index in [1.54, 1.807) is 27.4 Å². The number of aliphatic hydroxyl groups is 3. The molecule has 26 nitrogen and oxygen atoms in total. The summed E-state index contributed by atoms with van der Waals surface area (Å²) < 4.78 is 0. The molecule has 0 bridgehead atoms. The summed E-state index contributed by atoms with van der Waals surface area (Å²) in [6.45, 7) is 31.0. The largest absolute Gasteiger partial charge is 0.480 e. The number of aliphatic hydroxyl groups excluding tert-OH is 3. The number of nitrogens with one attached hydrogen (secondary N) is 6. The molecule has 6 aliphatic rings. The second-order valence-electron chi connectivity index (χ2n) is 31.6. The van der Waals surface area contributed by atoms with Crippen molar-refractivity contribution >= 4 is 56.6 Å². The summed E-state index contributed by atoms with van der Waals surface area (Å²) in [4.78, 5) is 69.2. The molecule has 6 rings (SSSR count). The molecule has 0 amide bonds. The van der Waals surface area contributed by atoms with Crippen LogP contribution in [0, 0.1) is 56.7 Å². The highest BCUT2D eigenvalue weighted by Crippen LogP contribution is 2.46. The molecule has 6 heterocycles. The Hall–Kier alpha value is -3.55. The van der Waals surface area contributed by atoms with Gasteiger partial charge in [-0.3, -0.25) is 34.1 Å². The Morgan fingerprint density at radius 2 is 0.827 bits per heavy atom. The molecule has 18 unspecified atom stereocenters. The smallest absolute Gasteiger partial charge is 0.321 e. The third kappa shape index (κ3) is 26.6. The maximum absolute atomic E-state index is 11.3. The first-order valence-corrected chi connectivity index (χ1v) is 36.8. The van der Waals surface area contributed by atoms with Crippen LogP contribution in [0.25, 0.3) is 0 Å². The van der Waals surface area contributed by atoms with E-state index in [-0.39, 0.29) is 68.0 Å². The lowest BCUT2D eigenvalue weighted by atomic mass is 9.64. The van der Waals surface area contributed by atoms with Crippen molar-refractivity contribution in [2.75, 3.05) is 66.5 Å². The second kappa shape index (κ2) is 43.5. The number of carboxylic acid groups (broad SMARTS) is 6. The molecule has 6 fully saturated rings. The lowest BCUT2D eigenvalue weighted by Gasteiger charge is -2.35. The summed E-state index contributed by atoms with van der Waals surface area (Å²) in [5.74, 6) is -3.58. The number of unbranched alkanes of at least 4 members (excludes halogenated alkanes) is 3. The topological polar surface area (TPSA) is 447 Å². The zero-order chi connectivity index (χ0) is 75.3. The van der Waals surface area contributed by atoms with Gasteiger partial charge in [-0.25, -0.2) is 0 Å². The molecule has 20 N–H and O–H groups in total. The quantitative estimate of drug-likeness (QED) is 0.0387. The number of aliphatic carboxylic acids is 6. The number of carbonyl (C=O) groups is 6. The van der Waals surface area contributed by atoms with Gasteiger partial charge in [0.1, 0.15) is 36.3 Å². The summed E-state index contributed by atoms with van der Waals surface area (Å²) >= 11 is 0. The predicted molar refractivity (Wildman–Crippen MR) is 388 cm³/mol. The molecule has 0 aromatic heterocycles. The van der Waals surface area contributed by atoms with Gasteiger partial charge in [0, 0.05) is 61.6 Å². The Morgan fingerprint density at radius 1 is 0.459 bits per heavy atom. The van der Waals surface area contributed by atoms with Gasteiger partial charge in [-0.1, -0.05) is 147 Å². The van der Waals surface area contributed by atoms with Crippen LogP contribution in [-0.4, -0.2) is 243 Å². The van der Waals surface area contributed by atoms with Crippen LogP contribution in [-0.2, 0) is 28.8 Å². The third-order valence-electron chi connectivity index (χ3n) is 22.8. The van der Waals surface area contributed by atoms with Gasteiger partial charge in [-0.15, -0.1) is 0 Å². The van der Waals surface area contributed by atoms with E-state index in [4.69, 9.17) is 26.0 Å². The Kier molecular flexibility index (Phi) is 41.1. The second-order valence-corrected chi connectivity index (χ2v) is 31.6. The van der Waals surface area contributed by atoms with Gasteiger partial charge in [0.2, 0.25) is 0 Å². The van der Waals surface area contributed by atoms with Crippen LogP contribution >= 0.6 is 0 Å². The van der Waals surface area contributed by atoms with Crippen molar-refractivity contribution in [1.82, 2.24) is 36.8 Å². The van der Waals surface area contributed by atoms with E-state index < -0.39 is 94.0 Å². The highest BCUT2D eigenvalue weighted by Gasteiger charge is 2.58. The van der Waals surface area contributed by atoms with E-state index in [9.17, 15) is 69.5 Å². The van der Waals surface area contributed by atoms with Crippen LogP contribution in [0.1, 0.15) is 185 Å². The van der Waals surface area contributed by atoms with E-state index in [0.29, 0.717) is 63.5 Å². The molecule has 570 valence electrons.